The van der Waals surface area contributed by atoms with Gasteiger partial charge in [0, 0.05) is 43.0 Å². The van der Waals surface area contributed by atoms with E-state index in [1.807, 2.05) is 0 Å². The largest absolute Gasteiger partial charge is 0.320 e. The number of hydrogen-bond donors (Lipinski definition) is 1. The van der Waals surface area contributed by atoms with Crippen LogP contribution in [0.4, 0.5) is 27.6 Å². The van der Waals surface area contributed by atoms with Crippen LogP contribution in [0, 0.1) is 17.5 Å². The average Bonchev–Trinajstić information content (AvgIpc) is 2.81. The summed E-state index contributed by atoms with van der Waals surface area (Å²) in [5.41, 5.74) is -0.598. The first kappa shape index (κ1) is 24.4. The number of nitrogens with one attached hydrogen (secondary N) is 1. The number of anilines is 1. The normalized spacial score (nSPS) is 15.6. The number of halogens is 5. The average molecular weight is 489 g/mol. The number of alkyl halides is 2. The summed E-state index contributed by atoms with van der Waals surface area (Å²) in [5.74, 6) is -7.23. The standard InChI is InChI=1S/C25H20F5N3O2/c1-13(34)21-19(11-16(27)12-32-21)24(35)33-23-17(18-10-15(26)2-3-20(18)28)6-9-31-22(23)14-4-7-25(29,30)8-5-14/h2-3,6,9-12,14H,4-5,7-8H2,1H3,(H,33,35). The van der Waals surface area contributed by atoms with E-state index in [0.29, 0.717) is 0 Å². The maximum atomic E-state index is 14.7. The smallest absolute Gasteiger partial charge is 0.258 e. The van der Waals surface area contributed by atoms with Gasteiger partial charge in [-0.05, 0) is 43.2 Å². The summed E-state index contributed by atoms with van der Waals surface area (Å²) in [6, 6.07) is 4.97. The summed E-state index contributed by atoms with van der Waals surface area (Å²) >= 11 is 0. The lowest BCUT2D eigenvalue weighted by molar-refractivity contribution is -0.0384. The summed E-state index contributed by atoms with van der Waals surface area (Å²) in [4.78, 5) is 33.1. The number of amides is 1. The Morgan fingerprint density at radius 3 is 2.37 bits per heavy atom. The summed E-state index contributed by atoms with van der Waals surface area (Å²) in [7, 11) is 0. The molecule has 0 saturated heterocycles. The topological polar surface area (TPSA) is 72.0 Å². The van der Waals surface area contributed by atoms with Crippen LogP contribution in [0.25, 0.3) is 11.1 Å². The lowest BCUT2D eigenvalue weighted by Gasteiger charge is -2.29. The third-order valence-electron chi connectivity index (χ3n) is 5.97. The van der Waals surface area contributed by atoms with Crippen LogP contribution in [0.5, 0.6) is 0 Å². The van der Waals surface area contributed by atoms with Crippen molar-refractivity contribution in [2.24, 2.45) is 0 Å². The van der Waals surface area contributed by atoms with E-state index in [4.69, 9.17) is 0 Å². The predicted octanol–water partition coefficient (Wildman–Crippen LogP) is 6.31. The summed E-state index contributed by atoms with van der Waals surface area (Å²) in [6.07, 6.45) is 1.43. The van der Waals surface area contributed by atoms with E-state index in [2.05, 4.69) is 15.3 Å². The zero-order chi connectivity index (χ0) is 25.3. The molecule has 1 amide bonds. The number of hydrogen-bond acceptors (Lipinski definition) is 4. The number of aromatic nitrogens is 2. The lowest BCUT2D eigenvalue weighted by Crippen LogP contribution is -2.25. The molecule has 0 radical (unpaired) electrons. The van der Waals surface area contributed by atoms with E-state index in [1.165, 1.54) is 12.3 Å². The highest BCUT2D eigenvalue weighted by Crippen LogP contribution is 2.44. The summed E-state index contributed by atoms with van der Waals surface area (Å²) in [5, 5.41) is 2.54. The Bertz CT molecular complexity index is 1300. The third kappa shape index (κ3) is 5.21. The van der Waals surface area contributed by atoms with Crippen LogP contribution in [0.3, 0.4) is 0 Å². The van der Waals surface area contributed by atoms with Crippen molar-refractivity contribution >= 4 is 17.4 Å². The van der Waals surface area contributed by atoms with Crippen LogP contribution < -0.4 is 5.32 Å². The van der Waals surface area contributed by atoms with Gasteiger partial charge < -0.3 is 5.32 Å². The molecule has 35 heavy (non-hydrogen) atoms. The van der Waals surface area contributed by atoms with Gasteiger partial charge in [-0.15, -0.1) is 0 Å². The summed E-state index contributed by atoms with van der Waals surface area (Å²) in [6.45, 7) is 1.16. The van der Waals surface area contributed by atoms with Gasteiger partial charge in [0.25, 0.3) is 5.91 Å². The molecule has 182 valence electrons. The molecule has 2 aromatic heterocycles. The molecule has 3 aromatic rings. The molecule has 0 aliphatic heterocycles. The quantitative estimate of drug-likeness (QED) is 0.337. The van der Waals surface area contributed by atoms with Crippen molar-refractivity contribution in [2.45, 2.75) is 44.4 Å². The predicted molar refractivity (Wildman–Crippen MR) is 118 cm³/mol. The highest BCUT2D eigenvalue weighted by atomic mass is 19.3. The van der Waals surface area contributed by atoms with E-state index in [0.717, 1.165) is 37.4 Å². The van der Waals surface area contributed by atoms with Gasteiger partial charge in [-0.25, -0.2) is 26.9 Å². The highest BCUT2D eigenvalue weighted by Gasteiger charge is 2.37. The van der Waals surface area contributed by atoms with Crippen molar-refractivity contribution in [3.05, 3.63) is 77.1 Å². The van der Waals surface area contributed by atoms with Crippen molar-refractivity contribution in [2.75, 3.05) is 5.32 Å². The van der Waals surface area contributed by atoms with Gasteiger partial charge in [0.15, 0.2) is 5.78 Å². The first-order chi connectivity index (χ1) is 16.6. The number of pyridine rings is 2. The molecule has 10 heteroatoms. The molecular weight excluding hydrogens is 469 g/mol. The van der Waals surface area contributed by atoms with E-state index in [1.54, 1.807) is 0 Å². The Balaban J connectivity index is 1.84. The molecule has 5 nitrogen and oxygen atoms in total. The maximum absolute atomic E-state index is 14.7. The number of rotatable bonds is 5. The minimum Gasteiger partial charge on any atom is -0.320 e. The number of carbonyl (C=O) groups is 2. The first-order valence-electron chi connectivity index (χ1n) is 10.9. The van der Waals surface area contributed by atoms with Gasteiger partial charge in [0.2, 0.25) is 5.92 Å². The Morgan fingerprint density at radius 2 is 1.69 bits per heavy atom. The van der Waals surface area contributed by atoms with Crippen LogP contribution in [-0.2, 0) is 0 Å². The molecular formula is C25H20F5N3O2. The second kappa shape index (κ2) is 9.52. The fraction of sp³-hybridized carbons (Fsp3) is 0.280. The van der Waals surface area contributed by atoms with Gasteiger partial charge in [-0.3, -0.25) is 14.6 Å². The van der Waals surface area contributed by atoms with Crippen molar-refractivity contribution in [3.8, 4) is 11.1 Å². The summed E-state index contributed by atoms with van der Waals surface area (Å²) < 4.78 is 70.1. The maximum Gasteiger partial charge on any atom is 0.258 e. The first-order valence-corrected chi connectivity index (χ1v) is 10.9. The van der Waals surface area contributed by atoms with Crippen molar-refractivity contribution in [1.82, 2.24) is 9.97 Å². The van der Waals surface area contributed by atoms with Crippen molar-refractivity contribution < 1.29 is 31.5 Å². The molecule has 2 heterocycles. The van der Waals surface area contributed by atoms with Crippen LogP contribution in [0.1, 0.15) is 65.1 Å². The molecule has 0 bridgehead atoms. The van der Waals surface area contributed by atoms with E-state index >= 15 is 0 Å². The minimum atomic E-state index is -2.82. The monoisotopic (exact) mass is 489 g/mol. The molecule has 1 fully saturated rings. The highest BCUT2D eigenvalue weighted by molar-refractivity contribution is 6.12. The van der Waals surface area contributed by atoms with Crippen molar-refractivity contribution in [1.29, 1.82) is 0 Å². The van der Waals surface area contributed by atoms with Crippen LogP contribution >= 0.6 is 0 Å². The van der Waals surface area contributed by atoms with Gasteiger partial charge in [-0.1, -0.05) is 0 Å². The molecule has 1 aliphatic carbocycles. The number of nitrogens with zero attached hydrogens (tertiary/aromatic N) is 2. The van der Waals surface area contributed by atoms with Crippen molar-refractivity contribution in [3.63, 3.8) is 0 Å². The molecule has 0 spiro atoms. The zero-order valence-electron chi connectivity index (χ0n) is 18.5. The second-order valence-corrected chi connectivity index (χ2v) is 8.43. The Kier molecular flexibility index (Phi) is 6.64. The minimum absolute atomic E-state index is 0.0315. The van der Waals surface area contributed by atoms with Crippen LogP contribution in [0.2, 0.25) is 0 Å². The molecule has 1 N–H and O–H groups in total. The van der Waals surface area contributed by atoms with Gasteiger partial charge in [0.05, 0.1) is 23.1 Å². The van der Waals surface area contributed by atoms with Gasteiger partial charge in [-0.2, -0.15) is 0 Å². The SMILES string of the molecule is CC(=O)c1ncc(F)cc1C(=O)Nc1c(-c2cc(F)ccc2F)ccnc1C1CCC(F)(F)CC1. The number of Topliss-reactive ketones (excluding diaryl/α,β-unsaturated/α-hetero) is 1. The fourth-order valence-corrected chi connectivity index (χ4v) is 4.23. The molecule has 1 aromatic carbocycles. The Morgan fingerprint density at radius 1 is 0.971 bits per heavy atom. The van der Waals surface area contributed by atoms with Gasteiger partial charge >= 0.3 is 0 Å². The Hall–Kier alpha value is -3.69. The Labute approximate surface area is 197 Å². The van der Waals surface area contributed by atoms with E-state index in [9.17, 15) is 31.5 Å². The van der Waals surface area contributed by atoms with Crippen LogP contribution in [-0.4, -0.2) is 27.6 Å². The number of carbonyl (C=O) groups excluding carboxylic acids is 2. The molecule has 4 rings (SSSR count). The fourth-order valence-electron chi connectivity index (χ4n) is 4.23. The van der Waals surface area contributed by atoms with Gasteiger partial charge in [0.1, 0.15) is 23.1 Å². The molecule has 1 aliphatic rings. The third-order valence-corrected chi connectivity index (χ3v) is 5.97. The number of ketones is 1. The van der Waals surface area contributed by atoms with Crippen LogP contribution in [0.15, 0.2) is 42.7 Å². The van der Waals surface area contributed by atoms with E-state index < -0.39 is 53.8 Å². The number of benzene rings is 1. The zero-order valence-corrected chi connectivity index (χ0v) is 18.5. The lowest BCUT2D eigenvalue weighted by atomic mass is 9.83. The second-order valence-electron chi connectivity index (χ2n) is 8.43. The van der Waals surface area contributed by atoms with E-state index in [-0.39, 0.29) is 46.6 Å². The molecule has 0 unspecified atom stereocenters. The molecule has 0 atom stereocenters. The molecule has 1 saturated carbocycles.